The predicted molar refractivity (Wildman–Crippen MR) is 80.7 cm³/mol. The lowest BCUT2D eigenvalue weighted by molar-refractivity contribution is 0.00568. The molecule has 0 aromatic heterocycles. The highest BCUT2D eigenvalue weighted by molar-refractivity contribution is 5.31. The van der Waals surface area contributed by atoms with Crippen molar-refractivity contribution in [2.75, 3.05) is 13.7 Å². The van der Waals surface area contributed by atoms with Gasteiger partial charge in [0.25, 0.3) is 0 Å². The maximum atomic E-state index is 5.86. The minimum atomic E-state index is 0.455. The minimum absolute atomic E-state index is 0.455. The Labute approximate surface area is 117 Å². The quantitative estimate of drug-likeness (QED) is 0.877. The summed E-state index contributed by atoms with van der Waals surface area (Å²) in [5, 5.41) is 3.46. The molecule has 1 aromatic rings. The van der Waals surface area contributed by atoms with Crippen molar-refractivity contribution in [3.63, 3.8) is 0 Å². The van der Waals surface area contributed by atoms with Gasteiger partial charge in [-0.1, -0.05) is 23.8 Å². The van der Waals surface area contributed by atoms with Crippen molar-refractivity contribution in [1.82, 2.24) is 5.32 Å². The van der Waals surface area contributed by atoms with Gasteiger partial charge in [0.15, 0.2) is 0 Å². The van der Waals surface area contributed by atoms with Crippen LogP contribution in [0.3, 0.4) is 0 Å². The first kappa shape index (κ1) is 14.5. The average molecular weight is 261 g/mol. The SMILES string of the molecule is CNC(Cc1cc(C)ccc1C)CC1CCCCO1. The maximum absolute atomic E-state index is 5.86. The Bertz CT molecular complexity index is 396. The maximum Gasteiger partial charge on any atom is 0.0590 e. The first-order chi connectivity index (χ1) is 9.19. The smallest absolute Gasteiger partial charge is 0.0590 e. The summed E-state index contributed by atoms with van der Waals surface area (Å²) in [6.45, 7) is 5.32. The zero-order valence-electron chi connectivity index (χ0n) is 12.5. The van der Waals surface area contributed by atoms with E-state index in [1.54, 1.807) is 0 Å². The zero-order valence-corrected chi connectivity index (χ0v) is 12.5. The molecule has 2 heteroatoms. The first-order valence-electron chi connectivity index (χ1n) is 7.54. The van der Waals surface area contributed by atoms with E-state index in [1.807, 2.05) is 0 Å². The van der Waals surface area contributed by atoms with Gasteiger partial charge in [0, 0.05) is 12.6 Å². The van der Waals surface area contributed by atoms with Gasteiger partial charge >= 0.3 is 0 Å². The molecule has 2 rings (SSSR count). The molecule has 2 atom stereocenters. The Balaban J connectivity index is 1.95. The van der Waals surface area contributed by atoms with Crippen molar-refractivity contribution in [2.45, 2.75) is 58.1 Å². The number of hydrogen-bond acceptors (Lipinski definition) is 2. The van der Waals surface area contributed by atoms with E-state index < -0.39 is 0 Å². The van der Waals surface area contributed by atoms with E-state index in [0.29, 0.717) is 12.1 Å². The van der Waals surface area contributed by atoms with Gasteiger partial charge in [-0.15, -0.1) is 0 Å². The van der Waals surface area contributed by atoms with Gasteiger partial charge in [-0.3, -0.25) is 0 Å². The van der Waals surface area contributed by atoms with Crippen molar-refractivity contribution < 1.29 is 4.74 Å². The average Bonchev–Trinajstić information content (AvgIpc) is 2.43. The fraction of sp³-hybridized carbons (Fsp3) is 0.647. The molecule has 1 N–H and O–H groups in total. The van der Waals surface area contributed by atoms with E-state index in [2.05, 4.69) is 44.4 Å². The van der Waals surface area contributed by atoms with Crippen LogP contribution >= 0.6 is 0 Å². The second-order valence-corrected chi connectivity index (χ2v) is 5.84. The Hall–Kier alpha value is -0.860. The van der Waals surface area contributed by atoms with Crippen molar-refractivity contribution in [3.8, 4) is 0 Å². The summed E-state index contributed by atoms with van der Waals surface area (Å²) >= 11 is 0. The molecular weight excluding hydrogens is 234 g/mol. The highest BCUT2D eigenvalue weighted by atomic mass is 16.5. The van der Waals surface area contributed by atoms with E-state index >= 15 is 0 Å². The largest absolute Gasteiger partial charge is 0.378 e. The van der Waals surface area contributed by atoms with E-state index in [-0.39, 0.29) is 0 Å². The lowest BCUT2D eigenvalue weighted by atomic mass is 9.94. The monoisotopic (exact) mass is 261 g/mol. The van der Waals surface area contributed by atoms with Crippen LogP contribution in [0.15, 0.2) is 18.2 Å². The lowest BCUT2D eigenvalue weighted by Gasteiger charge is -2.27. The third kappa shape index (κ3) is 4.32. The van der Waals surface area contributed by atoms with Crippen molar-refractivity contribution in [3.05, 3.63) is 34.9 Å². The van der Waals surface area contributed by atoms with Crippen molar-refractivity contribution >= 4 is 0 Å². The summed E-state index contributed by atoms with van der Waals surface area (Å²) < 4.78 is 5.86. The Kier molecular flexibility index (Phi) is 5.41. The third-order valence-corrected chi connectivity index (χ3v) is 4.20. The second-order valence-electron chi connectivity index (χ2n) is 5.84. The fourth-order valence-electron chi connectivity index (χ4n) is 2.90. The molecule has 0 bridgehead atoms. The van der Waals surface area contributed by atoms with Gasteiger partial charge in [-0.05, 0) is 64.1 Å². The molecule has 0 amide bonds. The van der Waals surface area contributed by atoms with Crippen LogP contribution in [-0.4, -0.2) is 25.8 Å². The summed E-state index contributed by atoms with van der Waals surface area (Å²) in [5.74, 6) is 0. The zero-order chi connectivity index (χ0) is 13.7. The number of likely N-dealkylation sites (N-methyl/N-ethyl adjacent to an activating group) is 1. The standard InChI is InChI=1S/C17H27NO/c1-13-7-8-14(2)15(10-13)11-16(18-3)12-17-6-4-5-9-19-17/h7-8,10,16-18H,4-6,9,11-12H2,1-3H3. The van der Waals surface area contributed by atoms with Gasteiger partial charge in [-0.25, -0.2) is 0 Å². The van der Waals surface area contributed by atoms with Crippen LogP contribution in [0, 0.1) is 13.8 Å². The van der Waals surface area contributed by atoms with E-state index in [1.165, 1.54) is 36.0 Å². The highest BCUT2D eigenvalue weighted by Gasteiger charge is 2.19. The third-order valence-electron chi connectivity index (χ3n) is 4.20. The summed E-state index contributed by atoms with van der Waals surface area (Å²) in [5.41, 5.74) is 4.22. The van der Waals surface area contributed by atoms with Crippen LogP contribution in [-0.2, 0) is 11.2 Å². The second kappa shape index (κ2) is 7.06. The summed E-state index contributed by atoms with van der Waals surface area (Å²) in [6, 6.07) is 7.26. The minimum Gasteiger partial charge on any atom is -0.378 e. The molecule has 0 aliphatic carbocycles. The molecule has 106 valence electrons. The lowest BCUT2D eigenvalue weighted by Crippen LogP contribution is -2.34. The molecule has 1 aliphatic heterocycles. The van der Waals surface area contributed by atoms with Crippen LogP contribution in [0.1, 0.15) is 42.4 Å². The molecule has 2 nitrogen and oxygen atoms in total. The fourth-order valence-corrected chi connectivity index (χ4v) is 2.90. The number of benzene rings is 1. The van der Waals surface area contributed by atoms with Crippen molar-refractivity contribution in [2.24, 2.45) is 0 Å². The molecule has 19 heavy (non-hydrogen) atoms. The number of nitrogens with one attached hydrogen (secondary N) is 1. The van der Waals surface area contributed by atoms with E-state index in [0.717, 1.165) is 19.4 Å². The summed E-state index contributed by atoms with van der Waals surface area (Å²) in [7, 11) is 2.07. The van der Waals surface area contributed by atoms with Crippen LogP contribution in [0.2, 0.25) is 0 Å². The number of aryl methyl sites for hydroxylation is 2. The van der Waals surface area contributed by atoms with Gasteiger partial charge in [0.05, 0.1) is 6.10 Å². The van der Waals surface area contributed by atoms with E-state index in [9.17, 15) is 0 Å². The van der Waals surface area contributed by atoms with Gasteiger partial charge in [0.2, 0.25) is 0 Å². The predicted octanol–water partition coefficient (Wildman–Crippen LogP) is 3.39. The molecule has 0 spiro atoms. The van der Waals surface area contributed by atoms with Crippen LogP contribution in [0.25, 0.3) is 0 Å². The van der Waals surface area contributed by atoms with Crippen LogP contribution in [0.5, 0.6) is 0 Å². The Morgan fingerprint density at radius 1 is 1.32 bits per heavy atom. The van der Waals surface area contributed by atoms with Gasteiger partial charge in [0.1, 0.15) is 0 Å². The van der Waals surface area contributed by atoms with Crippen LogP contribution in [0.4, 0.5) is 0 Å². The molecule has 0 radical (unpaired) electrons. The number of ether oxygens (including phenoxy) is 1. The number of rotatable bonds is 5. The molecule has 1 saturated heterocycles. The molecule has 2 unspecified atom stereocenters. The summed E-state index contributed by atoms with van der Waals surface area (Å²) in [4.78, 5) is 0. The Morgan fingerprint density at radius 3 is 2.84 bits per heavy atom. The topological polar surface area (TPSA) is 21.3 Å². The number of hydrogen-bond donors (Lipinski definition) is 1. The molecular formula is C17H27NO. The molecule has 1 heterocycles. The van der Waals surface area contributed by atoms with Gasteiger partial charge in [-0.2, -0.15) is 0 Å². The molecule has 1 fully saturated rings. The highest BCUT2D eigenvalue weighted by Crippen LogP contribution is 2.20. The normalized spacial score (nSPS) is 21.3. The molecule has 1 aromatic carbocycles. The summed E-state index contributed by atoms with van der Waals surface area (Å²) in [6.07, 6.45) is 6.47. The van der Waals surface area contributed by atoms with Crippen molar-refractivity contribution in [1.29, 1.82) is 0 Å². The molecule has 1 aliphatic rings. The first-order valence-corrected chi connectivity index (χ1v) is 7.54. The van der Waals surface area contributed by atoms with E-state index in [4.69, 9.17) is 4.74 Å². The Morgan fingerprint density at radius 2 is 2.16 bits per heavy atom. The molecule has 0 saturated carbocycles. The van der Waals surface area contributed by atoms with Gasteiger partial charge < -0.3 is 10.1 Å². The van der Waals surface area contributed by atoms with Crippen LogP contribution < -0.4 is 5.32 Å².